The molecule has 0 atom stereocenters. The van der Waals surface area contributed by atoms with Gasteiger partial charge in [-0.1, -0.05) is 12.1 Å². The topological polar surface area (TPSA) is 49.4 Å². The highest BCUT2D eigenvalue weighted by molar-refractivity contribution is 7.92. The maximum atomic E-state index is 11.6. The van der Waals surface area contributed by atoms with Crippen molar-refractivity contribution in [1.82, 2.24) is 0 Å². The van der Waals surface area contributed by atoms with E-state index in [-0.39, 0.29) is 5.75 Å². The van der Waals surface area contributed by atoms with Crippen LogP contribution in [-0.4, -0.2) is 27.8 Å². The Bertz CT molecular complexity index is 456. The van der Waals surface area contributed by atoms with E-state index in [1.807, 2.05) is 25.2 Å². The predicted molar refractivity (Wildman–Crippen MR) is 61.7 cm³/mol. The van der Waals surface area contributed by atoms with Gasteiger partial charge in [-0.05, 0) is 18.6 Å². The second kappa shape index (κ2) is 3.73. The second-order valence-corrected chi connectivity index (χ2v) is 5.56. The number of sulfonamides is 1. The van der Waals surface area contributed by atoms with Crippen molar-refractivity contribution in [2.45, 2.75) is 6.42 Å². The largest absolute Gasteiger partial charge is 0.373 e. The molecule has 82 valence electrons. The molecule has 0 amide bonds. The van der Waals surface area contributed by atoms with E-state index in [1.165, 1.54) is 0 Å². The normalized spacial score (nSPS) is 19.7. The Balaban J connectivity index is 2.46. The first-order valence-electron chi connectivity index (χ1n) is 4.89. The zero-order valence-corrected chi connectivity index (χ0v) is 9.42. The van der Waals surface area contributed by atoms with Gasteiger partial charge in [0.25, 0.3) is 0 Å². The molecule has 15 heavy (non-hydrogen) atoms. The Hall–Kier alpha value is -1.23. The van der Waals surface area contributed by atoms with Gasteiger partial charge < -0.3 is 4.90 Å². The first-order valence-corrected chi connectivity index (χ1v) is 6.54. The van der Waals surface area contributed by atoms with Crippen molar-refractivity contribution in [2.75, 3.05) is 29.0 Å². The van der Waals surface area contributed by atoms with E-state index in [0.29, 0.717) is 12.1 Å². The lowest BCUT2D eigenvalue weighted by Crippen LogP contribution is -2.28. The van der Waals surface area contributed by atoms with Gasteiger partial charge in [-0.15, -0.1) is 0 Å². The number of hydrogen-bond donors (Lipinski definition) is 1. The van der Waals surface area contributed by atoms with Crippen LogP contribution in [0.5, 0.6) is 0 Å². The van der Waals surface area contributed by atoms with Crippen molar-refractivity contribution in [3.05, 3.63) is 24.3 Å². The molecule has 1 aromatic rings. The Morgan fingerprint density at radius 1 is 1.33 bits per heavy atom. The molecular weight excluding hydrogens is 212 g/mol. The molecule has 2 rings (SSSR count). The van der Waals surface area contributed by atoms with E-state index in [2.05, 4.69) is 9.62 Å². The minimum Gasteiger partial charge on any atom is -0.373 e. The van der Waals surface area contributed by atoms with Crippen LogP contribution in [0.25, 0.3) is 0 Å². The zero-order chi connectivity index (χ0) is 10.9. The molecule has 0 radical (unpaired) electrons. The summed E-state index contributed by atoms with van der Waals surface area (Å²) in [4.78, 5) is 2.07. The SMILES string of the molecule is CN1CCCS(=O)(=O)Nc2ccccc21. The first kappa shape index (κ1) is 10.3. The van der Waals surface area contributed by atoms with E-state index >= 15 is 0 Å². The zero-order valence-electron chi connectivity index (χ0n) is 8.60. The third kappa shape index (κ3) is 2.23. The lowest BCUT2D eigenvalue weighted by molar-refractivity contribution is 0.597. The van der Waals surface area contributed by atoms with Crippen LogP contribution in [0.3, 0.4) is 0 Å². The summed E-state index contributed by atoms with van der Waals surface area (Å²) in [6.45, 7) is 0.762. The van der Waals surface area contributed by atoms with Crippen LogP contribution < -0.4 is 9.62 Å². The molecule has 1 heterocycles. The maximum Gasteiger partial charge on any atom is 0.232 e. The summed E-state index contributed by atoms with van der Waals surface area (Å²) in [5.41, 5.74) is 1.60. The predicted octanol–water partition coefficient (Wildman–Crippen LogP) is 1.27. The van der Waals surface area contributed by atoms with Crippen LogP contribution in [0.15, 0.2) is 24.3 Å². The number of benzene rings is 1. The van der Waals surface area contributed by atoms with Crippen molar-refractivity contribution >= 4 is 21.4 Å². The smallest absolute Gasteiger partial charge is 0.232 e. The molecule has 0 bridgehead atoms. The fourth-order valence-electron chi connectivity index (χ4n) is 1.72. The minimum absolute atomic E-state index is 0.186. The van der Waals surface area contributed by atoms with Gasteiger partial charge in [0, 0.05) is 13.6 Å². The fourth-order valence-corrected chi connectivity index (χ4v) is 2.84. The highest BCUT2D eigenvalue weighted by atomic mass is 32.2. The van der Waals surface area contributed by atoms with Gasteiger partial charge in [-0.25, -0.2) is 8.42 Å². The van der Waals surface area contributed by atoms with Gasteiger partial charge in [-0.3, -0.25) is 4.72 Å². The number of fused-ring (bicyclic) bond motifs is 1. The molecule has 0 fully saturated rings. The van der Waals surface area contributed by atoms with E-state index in [1.54, 1.807) is 6.07 Å². The number of anilines is 2. The molecule has 1 aromatic carbocycles. The molecule has 0 spiro atoms. The van der Waals surface area contributed by atoms with Crippen LogP contribution in [0.1, 0.15) is 6.42 Å². The van der Waals surface area contributed by atoms with Crippen LogP contribution in [0, 0.1) is 0 Å². The molecule has 1 aliphatic heterocycles. The Kier molecular flexibility index (Phi) is 2.56. The molecule has 0 saturated carbocycles. The average Bonchev–Trinajstić information content (AvgIpc) is 2.15. The van der Waals surface area contributed by atoms with E-state index < -0.39 is 10.0 Å². The van der Waals surface area contributed by atoms with Crippen LogP contribution in [0.2, 0.25) is 0 Å². The quantitative estimate of drug-likeness (QED) is 0.724. The van der Waals surface area contributed by atoms with Crippen molar-refractivity contribution in [3.63, 3.8) is 0 Å². The average molecular weight is 226 g/mol. The molecule has 0 aliphatic carbocycles. The molecule has 0 unspecified atom stereocenters. The number of rotatable bonds is 0. The van der Waals surface area contributed by atoms with Crippen LogP contribution in [0.4, 0.5) is 11.4 Å². The summed E-state index contributed by atoms with van der Waals surface area (Å²) in [5.74, 6) is 0.186. The molecule has 0 saturated heterocycles. The number of para-hydroxylation sites is 2. The molecule has 1 N–H and O–H groups in total. The van der Waals surface area contributed by atoms with Gasteiger partial charge in [0.15, 0.2) is 0 Å². The minimum atomic E-state index is -3.16. The third-order valence-corrected chi connectivity index (χ3v) is 3.84. The van der Waals surface area contributed by atoms with Gasteiger partial charge >= 0.3 is 0 Å². The lowest BCUT2D eigenvalue weighted by atomic mass is 10.2. The van der Waals surface area contributed by atoms with Crippen molar-refractivity contribution in [2.24, 2.45) is 0 Å². The van der Waals surface area contributed by atoms with Gasteiger partial charge in [-0.2, -0.15) is 0 Å². The number of nitrogens with one attached hydrogen (secondary N) is 1. The Labute approximate surface area is 90.0 Å². The number of hydrogen-bond acceptors (Lipinski definition) is 3. The summed E-state index contributed by atoms with van der Waals surface area (Å²) in [5, 5.41) is 0. The van der Waals surface area contributed by atoms with Crippen molar-refractivity contribution < 1.29 is 8.42 Å². The number of nitrogens with zero attached hydrogens (tertiary/aromatic N) is 1. The van der Waals surface area contributed by atoms with Gasteiger partial charge in [0.05, 0.1) is 17.1 Å². The summed E-state index contributed by atoms with van der Waals surface area (Å²) >= 11 is 0. The summed E-state index contributed by atoms with van der Waals surface area (Å²) in [6.07, 6.45) is 0.653. The highest BCUT2D eigenvalue weighted by Gasteiger charge is 2.17. The van der Waals surface area contributed by atoms with E-state index in [0.717, 1.165) is 12.2 Å². The fraction of sp³-hybridized carbons (Fsp3) is 0.400. The van der Waals surface area contributed by atoms with Crippen LogP contribution >= 0.6 is 0 Å². The molecule has 1 aliphatic rings. The molecular formula is C10H14N2O2S. The second-order valence-electron chi connectivity index (χ2n) is 3.71. The molecule has 4 nitrogen and oxygen atoms in total. The monoisotopic (exact) mass is 226 g/mol. The van der Waals surface area contributed by atoms with Gasteiger partial charge in [0.1, 0.15) is 0 Å². The van der Waals surface area contributed by atoms with Crippen molar-refractivity contribution in [1.29, 1.82) is 0 Å². The van der Waals surface area contributed by atoms with Crippen LogP contribution in [-0.2, 0) is 10.0 Å². The third-order valence-electron chi connectivity index (χ3n) is 2.49. The summed E-state index contributed by atoms with van der Waals surface area (Å²) in [7, 11) is -1.19. The highest BCUT2D eigenvalue weighted by Crippen LogP contribution is 2.27. The Morgan fingerprint density at radius 3 is 2.87 bits per heavy atom. The summed E-state index contributed by atoms with van der Waals surface area (Å²) < 4.78 is 25.7. The maximum absolute atomic E-state index is 11.6. The van der Waals surface area contributed by atoms with E-state index in [4.69, 9.17) is 0 Å². The molecule has 0 aromatic heterocycles. The lowest BCUT2D eigenvalue weighted by Gasteiger charge is -2.25. The Morgan fingerprint density at radius 2 is 2.07 bits per heavy atom. The van der Waals surface area contributed by atoms with E-state index in [9.17, 15) is 8.42 Å². The summed E-state index contributed by atoms with van der Waals surface area (Å²) in [6, 6.07) is 7.44. The standard InChI is InChI=1S/C10H14N2O2S/c1-12-7-4-8-15(13,14)11-9-5-2-3-6-10(9)12/h2-3,5-6,11H,4,7-8H2,1H3. The van der Waals surface area contributed by atoms with Crippen molar-refractivity contribution in [3.8, 4) is 0 Å². The first-order chi connectivity index (χ1) is 7.08. The van der Waals surface area contributed by atoms with Gasteiger partial charge in [0.2, 0.25) is 10.0 Å². The molecule has 5 heteroatoms.